The summed E-state index contributed by atoms with van der Waals surface area (Å²) in [6.07, 6.45) is 8.90. The van der Waals surface area contributed by atoms with Gasteiger partial charge in [0, 0.05) is 6.54 Å². The van der Waals surface area contributed by atoms with Crippen molar-refractivity contribution in [3.63, 3.8) is 0 Å². The Balaban J connectivity index is 2.60. The van der Waals surface area contributed by atoms with Crippen LogP contribution in [0.3, 0.4) is 0 Å². The van der Waals surface area contributed by atoms with E-state index in [1.807, 2.05) is 12.5 Å². The number of hydrogen-bond acceptors (Lipinski definition) is 5. The molecule has 1 aromatic rings. The van der Waals surface area contributed by atoms with E-state index >= 15 is 0 Å². The second kappa shape index (κ2) is 8.88. The maximum Gasteiger partial charge on any atom is 0.224 e. The molecule has 0 spiro atoms. The molecule has 6 heteroatoms. The summed E-state index contributed by atoms with van der Waals surface area (Å²) in [5, 5.41) is 5.61. The first-order valence-electron chi connectivity index (χ1n) is 6.12. The van der Waals surface area contributed by atoms with Crippen molar-refractivity contribution in [1.29, 1.82) is 0 Å². The predicted molar refractivity (Wildman–Crippen MR) is 83.2 cm³/mol. The maximum atomic E-state index is 6.19. The fraction of sp³-hybridized carbons (Fsp3) is 0.667. The lowest BCUT2D eigenvalue weighted by atomic mass is 10.2. The average Bonchev–Trinajstić information content (AvgIpc) is 2.40. The third-order valence-corrected chi connectivity index (χ3v) is 4.44. The molecule has 102 valence electrons. The number of aromatic nitrogens is 2. The summed E-state index contributed by atoms with van der Waals surface area (Å²) in [5.41, 5.74) is 0. The van der Waals surface area contributed by atoms with Gasteiger partial charge in [0.25, 0.3) is 0 Å². The molecule has 18 heavy (non-hydrogen) atoms. The van der Waals surface area contributed by atoms with E-state index < -0.39 is 0 Å². The molecule has 0 radical (unpaired) electrons. The minimum absolute atomic E-state index is 0.659. The van der Waals surface area contributed by atoms with Crippen molar-refractivity contribution >= 4 is 41.1 Å². The van der Waals surface area contributed by atoms with Crippen molar-refractivity contribution in [2.75, 3.05) is 24.4 Å². The molecule has 0 aliphatic rings. The van der Waals surface area contributed by atoms with Gasteiger partial charge in [-0.3, -0.25) is 0 Å². The summed E-state index contributed by atoms with van der Waals surface area (Å²) in [4.78, 5) is 8.83. The van der Waals surface area contributed by atoms with E-state index in [0.29, 0.717) is 11.0 Å². The topological polar surface area (TPSA) is 37.8 Å². The van der Waals surface area contributed by atoms with Gasteiger partial charge in [-0.15, -0.1) is 23.5 Å². The quantitative estimate of drug-likeness (QED) is 0.433. The molecule has 1 rings (SSSR count). The number of nitrogens with one attached hydrogen (secondary N) is 1. The highest BCUT2D eigenvalue weighted by atomic mass is 35.5. The number of hydrogen-bond donors (Lipinski definition) is 1. The number of halogens is 1. The molecule has 0 aliphatic carbocycles. The van der Waals surface area contributed by atoms with Crippen LogP contribution < -0.4 is 5.32 Å². The number of thioether (sulfide) groups is 2. The lowest BCUT2D eigenvalue weighted by Gasteiger charge is -2.09. The summed E-state index contributed by atoms with van der Waals surface area (Å²) in [6, 6.07) is 0. The largest absolute Gasteiger partial charge is 0.354 e. The van der Waals surface area contributed by atoms with Crippen molar-refractivity contribution < 1.29 is 0 Å². The SMILES string of the molecule is CCCCCCNc1nc(SC)c(Cl)c(SC)n1. The molecular weight excluding hydrogens is 286 g/mol. The van der Waals surface area contributed by atoms with Crippen LogP contribution in [0.1, 0.15) is 32.6 Å². The van der Waals surface area contributed by atoms with Crippen LogP contribution in [-0.2, 0) is 0 Å². The Bertz CT molecular complexity index is 349. The van der Waals surface area contributed by atoms with Gasteiger partial charge in [0.15, 0.2) is 0 Å². The lowest BCUT2D eigenvalue weighted by Crippen LogP contribution is -2.06. The van der Waals surface area contributed by atoms with Crippen LogP contribution in [0.5, 0.6) is 0 Å². The van der Waals surface area contributed by atoms with E-state index in [9.17, 15) is 0 Å². The van der Waals surface area contributed by atoms with Gasteiger partial charge in [0.05, 0.1) is 0 Å². The zero-order valence-corrected chi connectivity index (χ0v) is 13.5. The van der Waals surface area contributed by atoms with Crippen LogP contribution in [0, 0.1) is 0 Å². The zero-order chi connectivity index (χ0) is 13.4. The molecular formula is C12H20ClN3S2. The van der Waals surface area contributed by atoms with Gasteiger partial charge < -0.3 is 5.32 Å². The Labute approximate surface area is 123 Å². The Morgan fingerprint density at radius 3 is 2.17 bits per heavy atom. The lowest BCUT2D eigenvalue weighted by molar-refractivity contribution is 0.682. The predicted octanol–water partition coefficient (Wildman–Crippen LogP) is 4.57. The highest BCUT2D eigenvalue weighted by Gasteiger charge is 2.10. The first kappa shape index (κ1) is 15.9. The number of rotatable bonds is 8. The highest BCUT2D eigenvalue weighted by molar-refractivity contribution is 7.99. The Hall–Kier alpha value is -0.130. The summed E-state index contributed by atoms with van der Waals surface area (Å²) < 4.78 is 0. The smallest absolute Gasteiger partial charge is 0.224 e. The molecule has 0 aromatic carbocycles. The molecule has 0 aliphatic heterocycles. The van der Waals surface area contributed by atoms with Crippen LogP contribution in [0.4, 0.5) is 5.95 Å². The van der Waals surface area contributed by atoms with Gasteiger partial charge in [0.1, 0.15) is 15.1 Å². The summed E-state index contributed by atoms with van der Waals surface area (Å²) in [6.45, 7) is 3.13. The van der Waals surface area contributed by atoms with Gasteiger partial charge in [-0.05, 0) is 18.9 Å². The number of nitrogens with zero attached hydrogens (tertiary/aromatic N) is 2. The summed E-state index contributed by atoms with van der Waals surface area (Å²) in [7, 11) is 0. The molecule has 3 nitrogen and oxygen atoms in total. The van der Waals surface area contributed by atoms with Gasteiger partial charge >= 0.3 is 0 Å². The molecule has 1 aromatic heterocycles. The van der Waals surface area contributed by atoms with Crippen LogP contribution >= 0.6 is 35.1 Å². The third-order valence-electron chi connectivity index (χ3n) is 2.49. The van der Waals surface area contributed by atoms with E-state index in [0.717, 1.165) is 23.0 Å². The third kappa shape index (κ3) is 4.86. The normalized spacial score (nSPS) is 10.7. The van der Waals surface area contributed by atoms with Gasteiger partial charge in [-0.25, -0.2) is 9.97 Å². The summed E-state index contributed by atoms with van der Waals surface area (Å²) in [5.74, 6) is 0.685. The first-order chi connectivity index (χ1) is 8.72. The summed E-state index contributed by atoms with van der Waals surface area (Å²) >= 11 is 9.29. The monoisotopic (exact) mass is 305 g/mol. The van der Waals surface area contributed by atoms with Crippen molar-refractivity contribution in [1.82, 2.24) is 9.97 Å². The molecule has 0 amide bonds. The number of unbranched alkanes of at least 4 members (excludes halogenated alkanes) is 3. The second-order valence-corrected chi connectivity index (χ2v) is 5.84. The van der Waals surface area contributed by atoms with Crippen molar-refractivity contribution in [2.24, 2.45) is 0 Å². The van der Waals surface area contributed by atoms with Crippen LogP contribution in [-0.4, -0.2) is 29.0 Å². The molecule has 0 bridgehead atoms. The number of anilines is 1. The Morgan fingerprint density at radius 1 is 1.06 bits per heavy atom. The van der Waals surface area contributed by atoms with E-state index in [-0.39, 0.29) is 0 Å². The minimum atomic E-state index is 0.659. The van der Waals surface area contributed by atoms with E-state index in [1.54, 1.807) is 23.5 Å². The molecule has 0 fully saturated rings. The maximum absolute atomic E-state index is 6.19. The molecule has 1 N–H and O–H groups in total. The van der Waals surface area contributed by atoms with E-state index in [2.05, 4.69) is 22.2 Å². The highest BCUT2D eigenvalue weighted by Crippen LogP contribution is 2.31. The molecule has 0 saturated heterocycles. The fourth-order valence-electron chi connectivity index (χ4n) is 1.51. The average molecular weight is 306 g/mol. The molecule has 0 saturated carbocycles. The second-order valence-electron chi connectivity index (χ2n) is 3.87. The molecule has 0 unspecified atom stereocenters. The van der Waals surface area contributed by atoms with E-state index in [1.165, 1.54) is 19.3 Å². The Morgan fingerprint density at radius 2 is 1.67 bits per heavy atom. The van der Waals surface area contributed by atoms with E-state index in [4.69, 9.17) is 11.6 Å². The van der Waals surface area contributed by atoms with Crippen LogP contribution in [0.25, 0.3) is 0 Å². The van der Waals surface area contributed by atoms with Crippen LogP contribution in [0.15, 0.2) is 10.1 Å². The van der Waals surface area contributed by atoms with Crippen molar-refractivity contribution in [2.45, 2.75) is 42.7 Å². The van der Waals surface area contributed by atoms with Gasteiger partial charge in [-0.2, -0.15) is 0 Å². The zero-order valence-electron chi connectivity index (χ0n) is 11.1. The molecule has 0 atom stereocenters. The van der Waals surface area contributed by atoms with Gasteiger partial charge in [0.2, 0.25) is 5.95 Å². The van der Waals surface area contributed by atoms with Gasteiger partial charge in [-0.1, -0.05) is 37.8 Å². The fourth-order valence-corrected chi connectivity index (χ4v) is 3.03. The minimum Gasteiger partial charge on any atom is -0.354 e. The van der Waals surface area contributed by atoms with Crippen molar-refractivity contribution in [3.05, 3.63) is 5.02 Å². The molecule has 1 heterocycles. The van der Waals surface area contributed by atoms with Crippen LogP contribution in [0.2, 0.25) is 5.02 Å². The van der Waals surface area contributed by atoms with Crippen molar-refractivity contribution in [3.8, 4) is 0 Å². The Kier molecular flexibility index (Phi) is 7.86. The standard InChI is InChI=1S/C12H20ClN3S2/c1-4-5-6-7-8-14-12-15-10(17-2)9(13)11(16-12)18-3/h4-8H2,1-3H3,(H,14,15,16). The first-order valence-corrected chi connectivity index (χ1v) is 8.95.